The second kappa shape index (κ2) is 8.15. The lowest BCUT2D eigenvalue weighted by molar-refractivity contribution is -0.149. The molecule has 1 saturated heterocycles. The molecule has 0 amide bonds. The second-order valence-corrected chi connectivity index (χ2v) is 5.24. The Morgan fingerprint density at radius 3 is 2.16 bits per heavy atom. The largest absolute Gasteiger partial charge is 0.469 e. The molecule has 1 aliphatic heterocycles. The van der Waals surface area contributed by atoms with E-state index in [4.69, 9.17) is 9.47 Å². The van der Waals surface area contributed by atoms with Crippen LogP contribution in [0.5, 0.6) is 0 Å². The third-order valence-electron chi connectivity index (χ3n) is 3.70. The van der Waals surface area contributed by atoms with Gasteiger partial charge in [-0.3, -0.25) is 9.59 Å². The van der Waals surface area contributed by atoms with E-state index in [9.17, 15) is 9.59 Å². The van der Waals surface area contributed by atoms with E-state index in [1.807, 2.05) is 0 Å². The Hall–Kier alpha value is -1.10. The third-order valence-corrected chi connectivity index (χ3v) is 3.70. The highest BCUT2D eigenvalue weighted by Gasteiger charge is 2.28. The molecule has 0 aliphatic carbocycles. The van der Waals surface area contributed by atoms with Crippen molar-refractivity contribution in [2.75, 3.05) is 33.9 Å². The Morgan fingerprint density at radius 1 is 1.05 bits per heavy atom. The summed E-state index contributed by atoms with van der Waals surface area (Å²) in [4.78, 5) is 25.6. The predicted octanol–water partition coefficient (Wildman–Crippen LogP) is 1.46. The zero-order valence-electron chi connectivity index (χ0n) is 12.2. The van der Waals surface area contributed by atoms with Crippen molar-refractivity contribution in [1.29, 1.82) is 0 Å². The number of nitrogens with zero attached hydrogens (tertiary/aromatic N) is 1. The summed E-state index contributed by atoms with van der Waals surface area (Å²) in [5.74, 6) is -1.04. The SMILES string of the molecule is COC(=O)C(C)CC(CN1CCCCC1)C(=O)OC. The van der Waals surface area contributed by atoms with Crippen molar-refractivity contribution in [1.82, 2.24) is 4.90 Å². The molecule has 0 N–H and O–H groups in total. The van der Waals surface area contributed by atoms with Crippen LogP contribution in [0.4, 0.5) is 0 Å². The second-order valence-electron chi connectivity index (χ2n) is 5.24. The first-order valence-electron chi connectivity index (χ1n) is 6.96. The van der Waals surface area contributed by atoms with Crippen LogP contribution in [-0.4, -0.2) is 50.7 Å². The average molecular weight is 271 g/mol. The summed E-state index contributed by atoms with van der Waals surface area (Å²) in [5, 5.41) is 0. The van der Waals surface area contributed by atoms with Crippen LogP contribution in [0.2, 0.25) is 0 Å². The molecule has 110 valence electrons. The minimum atomic E-state index is -0.279. The van der Waals surface area contributed by atoms with Crippen molar-refractivity contribution in [3.8, 4) is 0 Å². The number of ether oxygens (including phenoxy) is 2. The predicted molar refractivity (Wildman–Crippen MR) is 71.6 cm³/mol. The van der Waals surface area contributed by atoms with Gasteiger partial charge in [-0.15, -0.1) is 0 Å². The first-order valence-corrected chi connectivity index (χ1v) is 6.96. The van der Waals surface area contributed by atoms with Crippen molar-refractivity contribution >= 4 is 11.9 Å². The fourth-order valence-corrected chi connectivity index (χ4v) is 2.59. The topological polar surface area (TPSA) is 55.8 Å². The maximum atomic E-state index is 11.8. The van der Waals surface area contributed by atoms with E-state index < -0.39 is 0 Å². The lowest BCUT2D eigenvalue weighted by atomic mass is 9.94. The highest BCUT2D eigenvalue weighted by atomic mass is 16.5. The van der Waals surface area contributed by atoms with Gasteiger partial charge in [0.1, 0.15) is 0 Å². The molecule has 0 radical (unpaired) electrons. The molecule has 0 aromatic carbocycles. The molecule has 0 spiro atoms. The average Bonchev–Trinajstić information content (AvgIpc) is 2.45. The molecule has 1 aliphatic rings. The summed E-state index contributed by atoms with van der Waals surface area (Å²) in [6, 6.07) is 0. The standard InChI is InChI=1S/C14H25NO4/c1-11(13(16)18-2)9-12(14(17)19-3)10-15-7-5-4-6-8-15/h11-12H,4-10H2,1-3H3. The molecular formula is C14H25NO4. The van der Waals surface area contributed by atoms with Gasteiger partial charge in [0.2, 0.25) is 0 Å². The third kappa shape index (κ3) is 5.19. The molecule has 0 bridgehead atoms. The number of piperidine rings is 1. The summed E-state index contributed by atoms with van der Waals surface area (Å²) in [7, 11) is 2.77. The van der Waals surface area contributed by atoms with E-state index >= 15 is 0 Å². The van der Waals surface area contributed by atoms with E-state index in [-0.39, 0.29) is 23.8 Å². The van der Waals surface area contributed by atoms with Gasteiger partial charge in [0, 0.05) is 6.54 Å². The van der Waals surface area contributed by atoms with Gasteiger partial charge in [0.05, 0.1) is 26.1 Å². The minimum absolute atomic E-state index is 0.235. The quantitative estimate of drug-likeness (QED) is 0.685. The van der Waals surface area contributed by atoms with Gasteiger partial charge in [-0.2, -0.15) is 0 Å². The van der Waals surface area contributed by atoms with Gasteiger partial charge in [0.15, 0.2) is 0 Å². The molecular weight excluding hydrogens is 246 g/mol. The summed E-state index contributed by atoms with van der Waals surface area (Å²) >= 11 is 0. The minimum Gasteiger partial charge on any atom is -0.469 e. The van der Waals surface area contributed by atoms with E-state index in [0.29, 0.717) is 13.0 Å². The van der Waals surface area contributed by atoms with E-state index in [0.717, 1.165) is 13.1 Å². The van der Waals surface area contributed by atoms with Gasteiger partial charge in [-0.1, -0.05) is 13.3 Å². The lowest BCUT2D eigenvalue weighted by Gasteiger charge is -2.30. The fourth-order valence-electron chi connectivity index (χ4n) is 2.59. The molecule has 1 fully saturated rings. The van der Waals surface area contributed by atoms with Crippen LogP contribution >= 0.6 is 0 Å². The maximum absolute atomic E-state index is 11.8. The number of hydrogen-bond donors (Lipinski definition) is 0. The van der Waals surface area contributed by atoms with Crippen LogP contribution in [0.1, 0.15) is 32.6 Å². The zero-order chi connectivity index (χ0) is 14.3. The van der Waals surface area contributed by atoms with Gasteiger partial charge < -0.3 is 14.4 Å². The van der Waals surface area contributed by atoms with Crippen LogP contribution < -0.4 is 0 Å². The lowest BCUT2D eigenvalue weighted by Crippen LogP contribution is -2.38. The van der Waals surface area contributed by atoms with Crippen molar-refractivity contribution in [2.45, 2.75) is 32.6 Å². The molecule has 19 heavy (non-hydrogen) atoms. The summed E-state index contributed by atoms with van der Waals surface area (Å²) < 4.78 is 9.56. The van der Waals surface area contributed by atoms with E-state index in [1.165, 1.54) is 33.5 Å². The number of carbonyl (C=O) groups excluding carboxylic acids is 2. The number of methoxy groups -OCH3 is 2. The highest BCUT2D eigenvalue weighted by Crippen LogP contribution is 2.19. The zero-order valence-corrected chi connectivity index (χ0v) is 12.2. The number of esters is 2. The van der Waals surface area contributed by atoms with Gasteiger partial charge >= 0.3 is 11.9 Å². The summed E-state index contributed by atoms with van der Waals surface area (Å²) in [6.07, 6.45) is 4.11. The Kier molecular flexibility index (Phi) is 6.84. The highest BCUT2D eigenvalue weighted by molar-refractivity contribution is 5.75. The van der Waals surface area contributed by atoms with Crippen LogP contribution in [0.25, 0.3) is 0 Å². The smallest absolute Gasteiger partial charge is 0.309 e. The number of carbonyl (C=O) groups is 2. The van der Waals surface area contributed by atoms with Crippen LogP contribution in [0, 0.1) is 11.8 Å². The van der Waals surface area contributed by atoms with E-state index in [2.05, 4.69) is 4.90 Å². The Balaban J connectivity index is 2.55. The summed E-state index contributed by atoms with van der Waals surface area (Å²) in [5.41, 5.74) is 0. The number of likely N-dealkylation sites (tertiary alicyclic amines) is 1. The molecule has 1 heterocycles. The molecule has 1 rings (SSSR count). The van der Waals surface area contributed by atoms with Gasteiger partial charge in [0.25, 0.3) is 0 Å². The van der Waals surface area contributed by atoms with Crippen molar-refractivity contribution < 1.29 is 19.1 Å². The normalized spacial score (nSPS) is 19.5. The van der Waals surface area contributed by atoms with Crippen LogP contribution in [0.15, 0.2) is 0 Å². The Bertz CT molecular complexity index is 300. The summed E-state index contributed by atoms with van der Waals surface area (Å²) in [6.45, 7) is 4.52. The molecule has 0 aromatic heterocycles. The molecule has 5 heteroatoms. The fraction of sp³-hybridized carbons (Fsp3) is 0.857. The van der Waals surface area contributed by atoms with Crippen LogP contribution in [0.3, 0.4) is 0 Å². The van der Waals surface area contributed by atoms with Crippen molar-refractivity contribution in [2.24, 2.45) is 11.8 Å². The number of rotatable bonds is 6. The first-order chi connectivity index (χ1) is 9.08. The molecule has 2 unspecified atom stereocenters. The van der Waals surface area contributed by atoms with E-state index in [1.54, 1.807) is 6.92 Å². The Morgan fingerprint density at radius 2 is 1.63 bits per heavy atom. The monoisotopic (exact) mass is 271 g/mol. The maximum Gasteiger partial charge on any atom is 0.309 e. The molecule has 0 saturated carbocycles. The van der Waals surface area contributed by atoms with Gasteiger partial charge in [-0.25, -0.2) is 0 Å². The Labute approximate surface area is 115 Å². The number of hydrogen-bond acceptors (Lipinski definition) is 5. The first kappa shape index (κ1) is 16.0. The molecule has 0 aromatic rings. The van der Waals surface area contributed by atoms with Crippen molar-refractivity contribution in [3.05, 3.63) is 0 Å². The van der Waals surface area contributed by atoms with Gasteiger partial charge in [-0.05, 0) is 32.4 Å². The molecule has 2 atom stereocenters. The van der Waals surface area contributed by atoms with Crippen LogP contribution in [-0.2, 0) is 19.1 Å². The van der Waals surface area contributed by atoms with Crippen molar-refractivity contribution in [3.63, 3.8) is 0 Å². The molecule has 5 nitrogen and oxygen atoms in total.